The summed E-state index contributed by atoms with van der Waals surface area (Å²) in [6.07, 6.45) is 6.16. The molecule has 2 saturated heterocycles. The zero-order valence-corrected chi connectivity index (χ0v) is 10.8. The molecule has 2 aliphatic rings. The number of carbonyl (C=O) groups is 1. The van der Waals surface area contributed by atoms with Gasteiger partial charge in [0.05, 0.1) is 0 Å². The van der Waals surface area contributed by atoms with Crippen LogP contribution in [0, 0.1) is 0 Å². The quantitative estimate of drug-likeness (QED) is 0.792. The van der Waals surface area contributed by atoms with Gasteiger partial charge in [0.2, 0.25) is 0 Å². The molecule has 0 spiro atoms. The van der Waals surface area contributed by atoms with Crippen molar-refractivity contribution in [3.63, 3.8) is 0 Å². The molecule has 98 valence electrons. The number of carboxylic acids is 1. The van der Waals surface area contributed by atoms with E-state index in [1.807, 2.05) is 0 Å². The van der Waals surface area contributed by atoms with Gasteiger partial charge in [0.1, 0.15) is 5.54 Å². The molecule has 2 aliphatic heterocycles. The molecule has 4 nitrogen and oxygen atoms in total. The van der Waals surface area contributed by atoms with E-state index in [1.165, 1.54) is 6.42 Å². The van der Waals surface area contributed by atoms with Crippen LogP contribution in [-0.4, -0.2) is 59.6 Å². The third-order valence-corrected chi connectivity index (χ3v) is 4.40. The zero-order valence-electron chi connectivity index (χ0n) is 10.8. The van der Waals surface area contributed by atoms with Crippen LogP contribution in [0.1, 0.15) is 38.5 Å². The second kappa shape index (κ2) is 5.36. The summed E-state index contributed by atoms with van der Waals surface area (Å²) in [6, 6.07) is 0. The minimum Gasteiger partial charge on any atom is -0.480 e. The fourth-order valence-corrected chi connectivity index (χ4v) is 3.24. The summed E-state index contributed by atoms with van der Waals surface area (Å²) in [5, 5.41) is 9.69. The van der Waals surface area contributed by atoms with E-state index in [0.717, 1.165) is 58.3 Å². The summed E-state index contributed by atoms with van der Waals surface area (Å²) in [5.41, 5.74) is -0.578. The zero-order chi connectivity index (χ0) is 12.3. The van der Waals surface area contributed by atoms with Crippen LogP contribution in [0.15, 0.2) is 0 Å². The molecule has 1 atom stereocenters. The topological polar surface area (TPSA) is 43.8 Å². The van der Waals surface area contributed by atoms with Gasteiger partial charge < -0.3 is 10.0 Å². The maximum absolute atomic E-state index is 11.8. The molecule has 0 saturated carbocycles. The lowest BCUT2D eigenvalue weighted by atomic mass is 9.86. The second-order valence-corrected chi connectivity index (χ2v) is 5.54. The van der Waals surface area contributed by atoms with Gasteiger partial charge in [-0.15, -0.1) is 0 Å². The molecule has 0 aromatic carbocycles. The Morgan fingerprint density at radius 3 is 2.35 bits per heavy atom. The third kappa shape index (κ3) is 2.63. The molecule has 1 N–H and O–H groups in total. The summed E-state index contributed by atoms with van der Waals surface area (Å²) in [7, 11) is 2.09. The first kappa shape index (κ1) is 12.8. The van der Waals surface area contributed by atoms with Crippen molar-refractivity contribution in [1.82, 2.24) is 9.80 Å². The predicted molar refractivity (Wildman–Crippen MR) is 67.1 cm³/mol. The SMILES string of the molecule is CN1CCCC(C(=O)O)(N2CCCCC2)CC1. The van der Waals surface area contributed by atoms with Crippen LogP contribution in [0.4, 0.5) is 0 Å². The molecule has 1 unspecified atom stereocenters. The molecule has 2 heterocycles. The van der Waals surface area contributed by atoms with Gasteiger partial charge in [-0.2, -0.15) is 0 Å². The number of hydrogen-bond donors (Lipinski definition) is 1. The minimum atomic E-state index is -0.602. The Balaban J connectivity index is 2.15. The Hall–Kier alpha value is -0.610. The van der Waals surface area contributed by atoms with Gasteiger partial charge in [-0.3, -0.25) is 9.69 Å². The first-order valence-electron chi connectivity index (χ1n) is 6.82. The van der Waals surface area contributed by atoms with Crippen LogP contribution >= 0.6 is 0 Å². The molecule has 2 rings (SSSR count). The van der Waals surface area contributed by atoms with Crippen molar-refractivity contribution in [2.75, 3.05) is 33.2 Å². The van der Waals surface area contributed by atoms with Crippen LogP contribution in [-0.2, 0) is 4.79 Å². The van der Waals surface area contributed by atoms with Crippen molar-refractivity contribution in [2.24, 2.45) is 0 Å². The lowest BCUT2D eigenvalue weighted by Crippen LogP contribution is -2.56. The average molecular weight is 240 g/mol. The Kier molecular flexibility index (Phi) is 4.05. The third-order valence-electron chi connectivity index (χ3n) is 4.40. The van der Waals surface area contributed by atoms with E-state index in [1.54, 1.807) is 0 Å². The first-order valence-corrected chi connectivity index (χ1v) is 6.82. The molecular formula is C13H24N2O2. The van der Waals surface area contributed by atoms with E-state index in [-0.39, 0.29) is 0 Å². The highest BCUT2D eigenvalue weighted by Crippen LogP contribution is 2.31. The Morgan fingerprint density at radius 2 is 1.71 bits per heavy atom. The number of rotatable bonds is 2. The van der Waals surface area contributed by atoms with Gasteiger partial charge >= 0.3 is 5.97 Å². The fraction of sp³-hybridized carbons (Fsp3) is 0.923. The molecular weight excluding hydrogens is 216 g/mol. The lowest BCUT2D eigenvalue weighted by molar-refractivity contribution is -0.153. The van der Waals surface area contributed by atoms with Crippen molar-refractivity contribution in [1.29, 1.82) is 0 Å². The van der Waals surface area contributed by atoms with E-state index in [2.05, 4.69) is 16.8 Å². The molecule has 17 heavy (non-hydrogen) atoms. The summed E-state index contributed by atoms with van der Waals surface area (Å²) in [5.74, 6) is -0.602. The molecule has 0 bridgehead atoms. The van der Waals surface area contributed by atoms with Gasteiger partial charge in [-0.25, -0.2) is 0 Å². The summed E-state index contributed by atoms with van der Waals surface area (Å²) in [6.45, 7) is 3.87. The van der Waals surface area contributed by atoms with Crippen molar-refractivity contribution >= 4 is 5.97 Å². The predicted octanol–water partition coefficient (Wildman–Crippen LogP) is 1.41. The summed E-state index contributed by atoms with van der Waals surface area (Å²) < 4.78 is 0. The molecule has 0 aromatic rings. The Morgan fingerprint density at radius 1 is 1.00 bits per heavy atom. The number of aliphatic carboxylic acids is 1. The van der Waals surface area contributed by atoms with E-state index < -0.39 is 11.5 Å². The molecule has 2 fully saturated rings. The van der Waals surface area contributed by atoms with Gasteiger partial charge in [-0.05, 0) is 58.8 Å². The fourth-order valence-electron chi connectivity index (χ4n) is 3.24. The lowest BCUT2D eigenvalue weighted by Gasteiger charge is -2.42. The highest BCUT2D eigenvalue weighted by molar-refractivity contribution is 5.79. The maximum Gasteiger partial charge on any atom is 0.324 e. The number of nitrogens with zero attached hydrogens (tertiary/aromatic N) is 2. The van der Waals surface area contributed by atoms with Gasteiger partial charge in [0, 0.05) is 6.54 Å². The van der Waals surface area contributed by atoms with E-state index >= 15 is 0 Å². The standard InChI is InChI=1S/C13H24N2O2/c1-14-8-5-6-13(7-11-14,12(16)17)15-9-3-2-4-10-15/h2-11H2,1H3,(H,16,17). The first-order chi connectivity index (χ1) is 8.15. The smallest absolute Gasteiger partial charge is 0.324 e. The van der Waals surface area contributed by atoms with Gasteiger partial charge in [-0.1, -0.05) is 6.42 Å². The Labute approximate surface area is 104 Å². The van der Waals surface area contributed by atoms with Crippen molar-refractivity contribution < 1.29 is 9.90 Å². The van der Waals surface area contributed by atoms with Crippen molar-refractivity contribution in [3.05, 3.63) is 0 Å². The van der Waals surface area contributed by atoms with Gasteiger partial charge in [0.25, 0.3) is 0 Å². The minimum absolute atomic E-state index is 0.578. The van der Waals surface area contributed by atoms with Crippen molar-refractivity contribution in [2.45, 2.75) is 44.1 Å². The molecule has 0 aliphatic carbocycles. The largest absolute Gasteiger partial charge is 0.480 e. The molecule has 4 heteroatoms. The summed E-state index contributed by atoms with van der Waals surface area (Å²) >= 11 is 0. The second-order valence-electron chi connectivity index (χ2n) is 5.54. The monoisotopic (exact) mass is 240 g/mol. The number of likely N-dealkylation sites (tertiary alicyclic amines) is 2. The molecule has 0 radical (unpaired) electrons. The number of hydrogen-bond acceptors (Lipinski definition) is 3. The van der Waals surface area contributed by atoms with E-state index in [0.29, 0.717) is 0 Å². The normalized spacial score (nSPS) is 33.2. The van der Waals surface area contributed by atoms with Gasteiger partial charge in [0.15, 0.2) is 0 Å². The molecule has 0 aromatic heterocycles. The Bertz CT molecular complexity index is 277. The van der Waals surface area contributed by atoms with E-state index in [4.69, 9.17) is 0 Å². The van der Waals surface area contributed by atoms with Crippen LogP contribution in [0.2, 0.25) is 0 Å². The number of carboxylic acid groups (broad SMARTS) is 1. The van der Waals surface area contributed by atoms with Crippen LogP contribution in [0.25, 0.3) is 0 Å². The highest BCUT2D eigenvalue weighted by Gasteiger charge is 2.44. The maximum atomic E-state index is 11.8. The van der Waals surface area contributed by atoms with Crippen LogP contribution < -0.4 is 0 Å². The van der Waals surface area contributed by atoms with Crippen LogP contribution in [0.5, 0.6) is 0 Å². The highest BCUT2D eigenvalue weighted by atomic mass is 16.4. The molecule has 0 amide bonds. The van der Waals surface area contributed by atoms with Crippen molar-refractivity contribution in [3.8, 4) is 0 Å². The van der Waals surface area contributed by atoms with Crippen LogP contribution in [0.3, 0.4) is 0 Å². The average Bonchev–Trinajstić information content (AvgIpc) is 2.53. The number of piperidine rings is 1. The van der Waals surface area contributed by atoms with E-state index in [9.17, 15) is 9.90 Å². The summed E-state index contributed by atoms with van der Waals surface area (Å²) in [4.78, 5) is 16.3.